The van der Waals surface area contributed by atoms with Gasteiger partial charge >= 0.3 is 5.97 Å². The Labute approximate surface area is 160 Å². The minimum atomic E-state index is -0.878. The van der Waals surface area contributed by atoms with Crippen LogP contribution in [0.25, 0.3) is 21.7 Å². The number of ether oxygens (including phenoxy) is 2. The summed E-state index contributed by atoms with van der Waals surface area (Å²) in [5.41, 5.74) is -0.589. The molecule has 0 aliphatic rings. The summed E-state index contributed by atoms with van der Waals surface area (Å²) in [5, 5.41) is 12.9. The first-order chi connectivity index (χ1) is 13.5. The average Bonchev–Trinajstić information content (AvgIpc) is 2.72. The van der Waals surface area contributed by atoms with Gasteiger partial charge in [0, 0.05) is 18.5 Å². The largest absolute Gasteiger partial charge is 0.506 e. The number of carbonyl (C=O) groups excluding carboxylic acids is 1. The zero-order valence-electron chi connectivity index (χ0n) is 15.3. The van der Waals surface area contributed by atoms with Gasteiger partial charge in [-0.1, -0.05) is 30.3 Å². The number of hydrogen-bond donors (Lipinski definition) is 1. The summed E-state index contributed by atoms with van der Waals surface area (Å²) in [4.78, 5) is 24.3. The van der Waals surface area contributed by atoms with Gasteiger partial charge in [0.2, 0.25) is 0 Å². The highest BCUT2D eigenvalue weighted by molar-refractivity contribution is 5.99. The Morgan fingerprint density at radius 3 is 2.39 bits per heavy atom. The molecule has 4 aromatic rings. The van der Waals surface area contributed by atoms with Gasteiger partial charge in [0.05, 0.1) is 12.6 Å². The molecule has 0 amide bonds. The summed E-state index contributed by atoms with van der Waals surface area (Å²) in [6, 6.07) is 18.6. The molecule has 0 saturated heterocycles. The van der Waals surface area contributed by atoms with Crippen molar-refractivity contribution in [2.45, 2.75) is 0 Å². The van der Waals surface area contributed by atoms with E-state index < -0.39 is 17.3 Å². The number of aryl methyl sites for hydroxylation is 1. The van der Waals surface area contributed by atoms with Crippen LogP contribution in [0.5, 0.6) is 17.2 Å². The SMILES string of the molecule is COC(=O)c1c(O)c2ccc(Oc3ccc4ccccc4c3)cc2n(C)c1=O. The van der Waals surface area contributed by atoms with E-state index in [4.69, 9.17) is 4.74 Å². The molecule has 6 nitrogen and oxygen atoms in total. The van der Waals surface area contributed by atoms with E-state index in [0.717, 1.165) is 17.9 Å². The minimum Gasteiger partial charge on any atom is -0.506 e. The first kappa shape index (κ1) is 17.6. The second-order valence-electron chi connectivity index (χ2n) is 6.37. The average molecular weight is 375 g/mol. The zero-order valence-corrected chi connectivity index (χ0v) is 15.3. The van der Waals surface area contributed by atoms with Crippen molar-refractivity contribution in [3.8, 4) is 17.2 Å². The Morgan fingerprint density at radius 1 is 0.964 bits per heavy atom. The van der Waals surface area contributed by atoms with Crippen molar-refractivity contribution in [1.29, 1.82) is 0 Å². The van der Waals surface area contributed by atoms with Crippen molar-refractivity contribution in [3.63, 3.8) is 0 Å². The number of esters is 1. The fraction of sp³-hybridized carbons (Fsp3) is 0.0909. The third-order valence-electron chi connectivity index (χ3n) is 4.69. The Morgan fingerprint density at radius 2 is 1.64 bits per heavy atom. The molecule has 0 saturated carbocycles. The molecule has 0 aliphatic heterocycles. The monoisotopic (exact) mass is 375 g/mol. The molecule has 0 spiro atoms. The molecule has 0 unspecified atom stereocenters. The van der Waals surface area contributed by atoms with Crippen LogP contribution < -0.4 is 10.3 Å². The van der Waals surface area contributed by atoms with Gasteiger partial charge < -0.3 is 19.1 Å². The Balaban J connectivity index is 1.80. The van der Waals surface area contributed by atoms with Crippen LogP contribution in [0.1, 0.15) is 10.4 Å². The second-order valence-corrected chi connectivity index (χ2v) is 6.37. The molecule has 1 N–H and O–H groups in total. The van der Waals surface area contributed by atoms with E-state index in [9.17, 15) is 14.7 Å². The zero-order chi connectivity index (χ0) is 19.8. The van der Waals surface area contributed by atoms with Gasteiger partial charge in [-0.25, -0.2) is 4.79 Å². The molecule has 0 atom stereocenters. The van der Waals surface area contributed by atoms with Gasteiger partial charge in [-0.3, -0.25) is 4.79 Å². The summed E-state index contributed by atoms with van der Waals surface area (Å²) in [6.45, 7) is 0. The smallest absolute Gasteiger partial charge is 0.347 e. The van der Waals surface area contributed by atoms with Crippen molar-refractivity contribution >= 4 is 27.6 Å². The maximum Gasteiger partial charge on any atom is 0.347 e. The van der Waals surface area contributed by atoms with E-state index in [0.29, 0.717) is 22.4 Å². The first-order valence-electron chi connectivity index (χ1n) is 8.60. The van der Waals surface area contributed by atoms with Gasteiger partial charge in [0.25, 0.3) is 5.56 Å². The van der Waals surface area contributed by atoms with E-state index in [1.807, 2.05) is 42.5 Å². The number of pyridine rings is 1. The standard InChI is InChI=1S/C22H17NO5/c1-23-18-12-16(28-15-8-7-13-5-3-4-6-14(13)11-15)9-10-17(18)20(24)19(21(23)25)22(26)27-2/h3-12,24H,1-2H3. The van der Waals surface area contributed by atoms with Crippen molar-refractivity contribution in [2.24, 2.45) is 7.05 Å². The molecular weight excluding hydrogens is 358 g/mol. The number of nitrogens with zero attached hydrogens (tertiary/aromatic N) is 1. The van der Waals surface area contributed by atoms with E-state index in [2.05, 4.69) is 4.74 Å². The number of aromatic hydroxyl groups is 1. The molecule has 140 valence electrons. The predicted molar refractivity (Wildman–Crippen MR) is 106 cm³/mol. The van der Waals surface area contributed by atoms with Gasteiger partial charge in [-0.15, -0.1) is 0 Å². The Bertz CT molecular complexity index is 1290. The van der Waals surface area contributed by atoms with Crippen LogP contribution in [0.2, 0.25) is 0 Å². The molecule has 28 heavy (non-hydrogen) atoms. The second kappa shape index (κ2) is 6.74. The quantitative estimate of drug-likeness (QED) is 0.548. The number of aromatic nitrogens is 1. The van der Waals surface area contributed by atoms with Crippen LogP contribution >= 0.6 is 0 Å². The summed E-state index contributed by atoms with van der Waals surface area (Å²) < 4.78 is 11.8. The molecule has 0 aliphatic carbocycles. The summed E-state index contributed by atoms with van der Waals surface area (Å²) in [5.74, 6) is -0.125. The molecule has 1 aromatic heterocycles. The maximum atomic E-state index is 12.5. The van der Waals surface area contributed by atoms with Crippen LogP contribution in [-0.2, 0) is 11.8 Å². The topological polar surface area (TPSA) is 77.8 Å². The fourth-order valence-electron chi connectivity index (χ4n) is 3.22. The molecule has 4 rings (SSSR count). The van der Waals surface area contributed by atoms with Gasteiger partial charge in [0.15, 0.2) is 5.56 Å². The number of fused-ring (bicyclic) bond motifs is 2. The lowest BCUT2D eigenvalue weighted by molar-refractivity contribution is 0.0595. The number of hydrogen-bond acceptors (Lipinski definition) is 5. The number of methoxy groups -OCH3 is 1. The third kappa shape index (κ3) is 2.85. The van der Waals surface area contributed by atoms with E-state index >= 15 is 0 Å². The summed E-state index contributed by atoms with van der Waals surface area (Å²) >= 11 is 0. The van der Waals surface area contributed by atoms with Crippen molar-refractivity contribution in [1.82, 2.24) is 4.57 Å². The van der Waals surface area contributed by atoms with Gasteiger partial charge in [0.1, 0.15) is 17.2 Å². The van der Waals surface area contributed by atoms with E-state index in [-0.39, 0.29) is 5.56 Å². The van der Waals surface area contributed by atoms with Crippen LogP contribution in [-0.4, -0.2) is 22.8 Å². The van der Waals surface area contributed by atoms with Crippen LogP contribution in [0.3, 0.4) is 0 Å². The lowest BCUT2D eigenvalue weighted by atomic mass is 10.1. The first-order valence-corrected chi connectivity index (χ1v) is 8.60. The molecule has 6 heteroatoms. The van der Waals surface area contributed by atoms with E-state index in [1.54, 1.807) is 18.2 Å². The highest BCUT2D eigenvalue weighted by Crippen LogP contribution is 2.32. The molecule has 1 heterocycles. The van der Waals surface area contributed by atoms with Crippen LogP contribution in [0.4, 0.5) is 0 Å². The number of rotatable bonds is 3. The summed E-state index contributed by atoms with van der Waals surface area (Å²) in [7, 11) is 2.68. The Hall–Kier alpha value is -3.80. The van der Waals surface area contributed by atoms with Crippen LogP contribution in [0, 0.1) is 0 Å². The fourth-order valence-corrected chi connectivity index (χ4v) is 3.22. The highest BCUT2D eigenvalue weighted by Gasteiger charge is 2.22. The van der Waals surface area contributed by atoms with Crippen LogP contribution in [0.15, 0.2) is 65.5 Å². The predicted octanol–water partition coefficient (Wildman–Crippen LogP) is 3.98. The minimum absolute atomic E-state index is 0.355. The lowest BCUT2D eigenvalue weighted by Crippen LogP contribution is -2.25. The number of benzene rings is 3. The molecule has 0 radical (unpaired) electrons. The lowest BCUT2D eigenvalue weighted by Gasteiger charge is -2.13. The summed E-state index contributed by atoms with van der Waals surface area (Å²) in [6.07, 6.45) is 0. The third-order valence-corrected chi connectivity index (χ3v) is 4.69. The Kier molecular flexibility index (Phi) is 4.24. The van der Waals surface area contributed by atoms with Crippen molar-refractivity contribution in [2.75, 3.05) is 7.11 Å². The van der Waals surface area contributed by atoms with E-state index in [1.165, 1.54) is 11.6 Å². The molecular formula is C22H17NO5. The van der Waals surface area contributed by atoms with Crippen molar-refractivity contribution in [3.05, 3.63) is 76.6 Å². The van der Waals surface area contributed by atoms with Gasteiger partial charge in [-0.2, -0.15) is 0 Å². The van der Waals surface area contributed by atoms with Crippen molar-refractivity contribution < 1.29 is 19.4 Å². The van der Waals surface area contributed by atoms with Gasteiger partial charge in [-0.05, 0) is 35.0 Å². The molecule has 0 fully saturated rings. The number of carbonyl (C=O) groups is 1. The highest BCUT2D eigenvalue weighted by atomic mass is 16.5. The molecule has 0 bridgehead atoms. The normalized spacial score (nSPS) is 10.9. The molecule has 3 aromatic carbocycles. The maximum absolute atomic E-state index is 12.5.